The van der Waals surface area contributed by atoms with Gasteiger partial charge in [-0.3, -0.25) is 4.79 Å². The van der Waals surface area contributed by atoms with Crippen LogP contribution >= 0.6 is 0 Å². The van der Waals surface area contributed by atoms with Crippen molar-refractivity contribution in [3.63, 3.8) is 0 Å². The third kappa shape index (κ3) is 4.83. The summed E-state index contributed by atoms with van der Waals surface area (Å²) >= 11 is 0. The molecule has 0 amide bonds. The average Bonchev–Trinajstić information content (AvgIpc) is 2.11. The fourth-order valence-corrected chi connectivity index (χ4v) is 0.978. The fourth-order valence-electron chi connectivity index (χ4n) is 0.978. The molecule has 0 spiro atoms. The number of allylic oxidation sites excluding steroid dienone is 1. The van der Waals surface area contributed by atoms with E-state index in [1.165, 1.54) is 0 Å². The summed E-state index contributed by atoms with van der Waals surface area (Å²) in [5.74, 6) is 0.368. The summed E-state index contributed by atoms with van der Waals surface area (Å²) in [6.07, 6.45) is 2.01. The lowest BCUT2D eigenvalue weighted by atomic mass is 10.0. The first-order valence-electron chi connectivity index (χ1n) is 4.88. The fraction of sp³-hybridized carbons (Fsp3) is 0.727. The van der Waals surface area contributed by atoms with Crippen LogP contribution in [0.3, 0.4) is 0 Å². The standard InChI is InChI=1S/C11H21NO/c1-6-12(5)8-7-10(4)11(13)9(2)3/h7,9H,6,8H2,1-5H3/b10-7+. The molecule has 76 valence electrons. The van der Waals surface area contributed by atoms with E-state index in [1.54, 1.807) is 0 Å². The Morgan fingerprint density at radius 3 is 2.38 bits per heavy atom. The van der Waals surface area contributed by atoms with Crippen molar-refractivity contribution < 1.29 is 4.79 Å². The molecule has 0 saturated heterocycles. The van der Waals surface area contributed by atoms with Crippen molar-refractivity contribution in [3.05, 3.63) is 11.6 Å². The van der Waals surface area contributed by atoms with Gasteiger partial charge in [0.2, 0.25) is 0 Å². The lowest BCUT2D eigenvalue weighted by Crippen LogP contribution is -2.18. The van der Waals surface area contributed by atoms with Crippen LogP contribution in [0.4, 0.5) is 0 Å². The third-order valence-corrected chi connectivity index (χ3v) is 2.16. The predicted octanol–water partition coefficient (Wildman–Crippen LogP) is 2.11. The minimum atomic E-state index is 0.114. The van der Waals surface area contributed by atoms with Gasteiger partial charge >= 0.3 is 0 Å². The van der Waals surface area contributed by atoms with Gasteiger partial charge in [-0.2, -0.15) is 0 Å². The first-order chi connectivity index (χ1) is 5.99. The Hall–Kier alpha value is -0.630. The van der Waals surface area contributed by atoms with E-state index < -0.39 is 0 Å². The second-order valence-corrected chi connectivity index (χ2v) is 3.76. The molecule has 2 heteroatoms. The highest BCUT2D eigenvalue weighted by Crippen LogP contribution is 2.04. The number of nitrogens with zero attached hydrogens (tertiary/aromatic N) is 1. The Morgan fingerprint density at radius 2 is 2.00 bits per heavy atom. The van der Waals surface area contributed by atoms with E-state index in [2.05, 4.69) is 11.8 Å². The highest BCUT2D eigenvalue weighted by molar-refractivity contribution is 5.96. The van der Waals surface area contributed by atoms with Gasteiger partial charge in [0.15, 0.2) is 5.78 Å². The number of carbonyl (C=O) groups is 1. The average molecular weight is 183 g/mol. The maximum Gasteiger partial charge on any atom is 0.160 e. The summed E-state index contributed by atoms with van der Waals surface area (Å²) in [5, 5.41) is 0. The predicted molar refractivity (Wildman–Crippen MR) is 56.8 cm³/mol. The first kappa shape index (κ1) is 12.4. The van der Waals surface area contributed by atoms with Gasteiger partial charge in [0, 0.05) is 12.5 Å². The minimum Gasteiger partial charge on any atom is -0.303 e. The number of hydrogen-bond acceptors (Lipinski definition) is 2. The minimum absolute atomic E-state index is 0.114. The largest absolute Gasteiger partial charge is 0.303 e. The summed E-state index contributed by atoms with van der Waals surface area (Å²) in [6.45, 7) is 9.74. The monoisotopic (exact) mass is 183 g/mol. The molecule has 0 radical (unpaired) electrons. The van der Waals surface area contributed by atoms with Crippen LogP contribution in [0.15, 0.2) is 11.6 Å². The zero-order valence-corrected chi connectivity index (χ0v) is 9.42. The number of likely N-dealkylation sites (N-methyl/N-ethyl adjacent to an activating group) is 1. The van der Waals surface area contributed by atoms with Crippen molar-refractivity contribution in [1.82, 2.24) is 4.90 Å². The molecule has 13 heavy (non-hydrogen) atoms. The molecule has 0 rings (SSSR count). The van der Waals surface area contributed by atoms with E-state index in [0.717, 1.165) is 18.7 Å². The van der Waals surface area contributed by atoms with Gasteiger partial charge in [-0.1, -0.05) is 26.8 Å². The number of Topliss-reactive ketones (excluding diaryl/α,β-unsaturated/α-hetero) is 1. The molecule has 0 aromatic carbocycles. The Kier molecular flexibility index (Phi) is 5.63. The molecule has 0 saturated carbocycles. The molecule has 0 aromatic rings. The Bertz CT molecular complexity index is 194. The first-order valence-corrected chi connectivity index (χ1v) is 4.88. The third-order valence-electron chi connectivity index (χ3n) is 2.16. The molecule has 0 aliphatic carbocycles. The summed E-state index contributed by atoms with van der Waals surface area (Å²) in [6, 6.07) is 0. The second-order valence-electron chi connectivity index (χ2n) is 3.76. The van der Waals surface area contributed by atoms with Crippen molar-refractivity contribution in [3.8, 4) is 0 Å². The maximum absolute atomic E-state index is 11.5. The van der Waals surface area contributed by atoms with E-state index in [0.29, 0.717) is 0 Å². The molecule has 0 bridgehead atoms. The van der Waals surface area contributed by atoms with Crippen molar-refractivity contribution in [1.29, 1.82) is 0 Å². The summed E-state index contributed by atoms with van der Waals surface area (Å²) < 4.78 is 0. The topological polar surface area (TPSA) is 20.3 Å². The van der Waals surface area contributed by atoms with E-state index in [1.807, 2.05) is 33.9 Å². The van der Waals surface area contributed by atoms with Crippen molar-refractivity contribution in [2.75, 3.05) is 20.1 Å². The van der Waals surface area contributed by atoms with Crippen molar-refractivity contribution >= 4 is 5.78 Å². The van der Waals surface area contributed by atoms with Crippen molar-refractivity contribution in [2.24, 2.45) is 5.92 Å². The quantitative estimate of drug-likeness (QED) is 0.608. The number of rotatable bonds is 5. The molecule has 0 aromatic heterocycles. The summed E-state index contributed by atoms with van der Waals surface area (Å²) in [4.78, 5) is 13.6. The summed E-state index contributed by atoms with van der Waals surface area (Å²) in [5.41, 5.74) is 0.885. The van der Waals surface area contributed by atoms with Gasteiger partial charge in [0.25, 0.3) is 0 Å². The number of ketones is 1. The number of carbonyl (C=O) groups excluding carboxylic acids is 1. The van der Waals surface area contributed by atoms with Crippen LogP contribution in [-0.4, -0.2) is 30.8 Å². The van der Waals surface area contributed by atoms with Gasteiger partial charge in [-0.25, -0.2) is 0 Å². The molecule has 0 heterocycles. The van der Waals surface area contributed by atoms with Crippen LogP contribution in [0.5, 0.6) is 0 Å². The SMILES string of the molecule is CCN(C)C/C=C(\C)C(=O)C(C)C. The molecule has 0 atom stereocenters. The van der Waals surface area contributed by atoms with Crippen LogP contribution in [0.2, 0.25) is 0 Å². The van der Waals surface area contributed by atoms with Crippen LogP contribution in [0.1, 0.15) is 27.7 Å². The van der Waals surface area contributed by atoms with E-state index >= 15 is 0 Å². The van der Waals surface area contributed by atoms with Gasteiger partial charge in [-0.05, 0) is 26.1 Å². The van der Waals surface area contributed by atoms with Gasteiger partial charge in [0.1, 0.15) is 0 Å². The zero-order valence-electron chi connectivity index (χ0n) is 9.42. The highest BCUT2D eigenvalue weighted by atomic mass is 16.1. The van der Waals surface area contributed by atoms with E-state index in [9.17, 15) is 4.79 Å². The Labute approximate surface area is 81.6 Å². The molecular formula is C11H21NO. The van der Waals surface area contributed by atoms with Crippen molar-refractivity contribution in [2.45, 2.75) is 27.7 Å². The lowest BCUT2D eigenvalue weighted by molar-refractivity contribution is -0.118. The summed E-state index contributed by atoms with van der Waals surface area (Å²) in [7, 11) is 2.05. The Balaban J connectivity index is 4.09. The van der Waals surface area contributed by atoms with Gasteiger partial charge < -0.3 is 4.90 Å². The molecular weight excluding hydrogens is 162 g/mol. The van der Waals surface area contributed by atoms with Crippen LogP contribution in [0.25, 0.3) is 0 Å². The number of hydrogen-bond donors (Lipinski definition) is 0. The second kappa shape index (κ2) is 5.92. The molecule has 0 fully saturated rings. The highest BCUT2D eigenvalue weighted by Gasteiger charge is 2.08. The zero-order chi connectivity index (χ0) is 10.4. The smallest absolute Gasteiger partial charge is 0.160 e. The van der Waals surface area contributed by atoms with Gasteiger partial charge in [0.05, 0.1) is 0 Å². The van der Waals surface area contributed by atoms with E-state index in [4.69, 9.17) is 0 Å². The van der Waals surface area contributed by atoms with Crippen LogP contribution < -0.4 is 0 Å². The molecule has 0 aliphatic heterocycles. The molecule has 2 nitrogen and oxygen atoms in total. The Morgan fingerprint density at radius 1 is 1.46 bits per heavy atom. The molecule has 0 aliphatic rings. The maximum atomic E-state index is 11.5. The molecule has 0 N–H and O–H groups in total. The lowest BCUT2D eigenvalue weighted by Gasteiger charge is -2.11. The van der Waals surface area contributed by atoms with E-state index in [-0.39, 0.29) is 11.7 Å². The van der Waals surface area contributed by atoms with Crippen LogP contribution in [0, 0.1) is 5.92 Å². The van der Waals surface area contributed by atoms with Gasteiger partial charge in [-0.15, -0.1) is 0 Å². The van der Waals surface area contributed by atoms with Crippen LogP contribution in [-0.2, 0) is 4.79 Å². The normalized spacial score (nSPS) is 12.7. The molecule has 0 unspecified atom stereocenters.